The highest BCUT2D eigenvalue weighted by molar-refractivity contribution is 6.05. The number of nitrogens with one attached hydrogen (secondary N) is 1. The first-order valence-corrected chi connectivity index (χ1v) is 12.8. The van der Waals surface area contributed by atoms with E-state index in [1.165, 1.54) is 25.7 Å². The second-order valence-electron chi connectivity index (χ2n) is 9.89. The maximum absolute atomic E-state index is 13.1. The highest BCUT2D eigenvalue weighted by atomic mass is 16.2. The molecule has 3 heterocycles. The van der Waals surface area contributed by atoms with E-state index in [-0.39, 0.29) is 17.9 Å². The highest BCUT2D eigenvalue weighted by Gasteiger charge is 2.38. The summed E-state index contributed by atoms with van der Waals surface area (Å²) in [6, 6.07) is 9.95. The van der Waals surface area contributed by atoms with Gasteiger partial charge in [0.2, 0.25) is 5.91 Å². The van der Waals surface area contributed by atoms with E-state index in [4.69, 9.17) is 0 Å². The molecule has 0 bridgehead atoms. The lowest BCUT2D eigenvalue weighted by atomic mass is 10.0. The van der Waals surface area contributed by atoms with Crippen molar-refractivity contribution < 1.29 is 9.59 Å². The SMILES string of the molecule is CC1C(=O)N(C)c2cnc(Nc3cccc(C(=O)N4CCCCCC4)c3)cc2N1C1CCCC1. The molecule has 2 aliphatic heterocycles. The molecule has 1 unspecified atom stereocenters. The molecule has 2 aromatic rings. The molecular weight excluding hydrogens is 426 g/mol. The zero-order valence-corrected chi connectivity index (χ0v) is 20.3. The summed E-state index contributed by atoms with van der Waals surface area (Å²) in [7, 11) is 1.83. The van der Waals surface area contributed by atoms with Crippen LogP contribution in [0.2, 0.25) is 0 Å². The molecule has 3 aliphatic rings. The average molecular weight is 462 g/mol. The number of rotatable bonds is 4. The molecule has 1 saturated heterocycles. The van der Waals surface area contributed by atoms with Crippen LogP contribution in [-0.4, -0.2) is 53.9 Å². The zero-order valence-electron chi connectivity index (χ0n) is 20.3. The molecule has 1 aliphatic carbocycles. The van der Waals surface area contributed by atoms with E-state index < -0.39 is 0 Å². The van der Waals surface area contributed by atoms with Crippen LogP contribution in [0.1, 0.15) is 68.6 Å². The van der Waals surface area contributed by atoms with Gasteiger partial charge in [0.25, 0.3) is 5.91 Å². The number of fused-ring (bicyclic) bond motifs is 1. The topological polar surface area (TPSA) is 68.8 Å². The Morgan fingerprint density at radius 3 is 2.47 bits per heavy atom. The molecule has 2 amide bonds. The predicted molar refractivity (Wildman–Crippen MR) is 136 cm³/mol. The quantitative estimate of drug-likeness (QED) is 0.697. The molecule has 0 spiro atoms. The minimum absolute atomic E-state index is 0.102. The smallest absolute Gasteiger partial charge is 0.253 e. The van der Waals surface area contributed by atoms with Gasteiger partial charge in [0.15, 0.2) is 0 Å². The fourth-order valence-corrected chi connectivity index (χ4v) is 5.73. The third-order valence-electron chi connectivity index (χ3n) is 7.60. The van der Waals surface area contributed by atoms with Crippen LogP contribution < -0.4 is 15.1 Å². The first-order chi connectivity index (χ1) is 16.5. The van der Waals surface area contributed by atoms with Crippen molar-refractivity contribution in [1.29, 1.82) is 0 Å². The van der Waals surface area contributed by atoms with Crippen molar-refractivity contribution in [1.82, 2.24) is 9.88 Å². The van der Waals surface area contributed by atoms with Crippen molar-refractivity contribution >= 4 is 34.7 Å². The molecule has 1 aromatic carbocycles. The number of anilines is 4. The monoisotopic (exact) mass is 461 g/mol. The van der Waals surface area contributed by atoms with Crippen molar-refractivity contribution in [3.63, 3.8) is 0 Å². The Labute approximate surface area is 202 Å². The van der Waals surface area contributed by atoms with Gasteiger partial charge in [-0.3, -0.25) is 9.59 Å². The Balaban J connectivity index is 1.40. The van der Waals surface area contributed by atoms with Crippen LogP contribution in [0.4, 0.5) is 22.9 Å². The van der Waals surface area contributed by atoms with E-state index in [0.29, 0.717) is 11.6 Å². The summed E-state index contributed by atoms with van der Waals surface area (Å²) in [5.41, 5.74) is 3.45. The lowest BCUT2D eigenvalue weighted by molar-refractivity contribution is -0.119. The van der Waals surface area contributed by atoms with E-state index >= 15 is 0 Å². The van der Waals surface area contributed by atoms with Gasteiger partial charge in [-0.2, -0.15) is 0 Å². The lowest BCUT2D eigenvalue weighted by Crippen LogP contribution is -2.54. The summed E-state index contributed by atoms with van der Waals surface area (Å²) in [6.45, 7) is 3.68. The molecule has 7 heteroatoms. The number of hydrogen-bond acceptors (Lipinski definition) is 5. The summed E-state index contributed by atoms with van der Waals surface area (Å²) in [6.07, 6.45) is 11.0. The average Bonchev–Trinajstić information content (AvgIpc) is 3.23. The third-order valence-corrected chi connectivity index (χ3v) is 7.60. The standard InChI is InChI=1S/C27H35N5O2/c1-19-26(33)30(2)24-18-28-25(17-23(24)32(19)22-12-5-6-13-22)29-21-11-9-10-20(16-21)27(34)31-14-7-3-4-8-15-31/h9-11,16-19,22H,3-8,12-15H2,1-2H3,(H,28,29). The first kappa shape index (κ1) is 22.7. The van der Waals surface area contributed by atoms with Crippen LogP contribution in [-0.2, 0) is 4.79 Å². The molecule has 2 fully saturated rings. The maximum Gasteiger partial charge on any atom is 0.253 e. The van der Waals surface area contributed by atoms with Crippen molar-refractivity contribution in [2.45, 2.75) is 70.4 Å². The van der Waals surface area contributed by atoms with Crippen LogP contribution in [0.3, 0.4) is 0 Å². The van der Waals surface area contributed by atoms with Crippen LogP contribution in [0.15, 0.2) is 36.5 Å². The van der Waals surface area contributed by atoms with E-state index in [1.54, 1.807) is 11.1 Å². The van der Waals surface area contributed by atoms with Gasteiger partial charge in [0.1, 0.15) is 11.9 Å². The molecule has 1 atom stereocenters. The summed E-state index contributed by atoms with van der Waals surface area (Å²) >= 11 is 0. The number of hydrogen-bond donors (Lipinski definition) is 1. The summed E-state index contributed by atoms with van der Waals surface area (Å²) in [5, 5.41) is 3.40. The number of nitrogens with zero attached hydrogens (tertiary/aromatic N) is 4. The maximum atomic E-state index is 13.1. The molecule has 7 nitrogen and oxygen atoms in total. The largest absolute Gasteiger partial charge is 0.355 e. The van der Waals surface area contributed by atoms with Gasteiger partial charge in [-0.15, -0.1) is 0 Å². The van der Waals surface area contributed by atoms with Gasteiger partial charge < -0.3 is 20.0 Å². The normalized spacial score (nSPS) is 21.4. The highest BCUT2D eigenvalue weighted by Crippen LogP contribution is 2.41. The number of benzene rings is 1. The second kappa shape index (κ2) is 9.65. The first-order valence-electron chi connectivity index (χ1n) is 12.8. The van der Waals surface area contributed by atoms with Gasteiger partial charge in [-0.25, -0.2) is 4.98 Å². The molecule has 0 radical (unpaired) electrons. The van der Waals surface area contributed by atoms with Crippen LogP contribution in [0.5, 0.6) is 0 Å². The number of aromatic nitrogens is 1. The van der Waals surface area contributed by atoms with Gasteiger partial charge >= 0.3 is 0 Å². The van der Waals surface area contributed by atoms with E-state index in [2.05, 4.69) is 21.3 Å². The van der Waals surface area contributed by atoms with Gasteiger partial charge in [-0.05, 0) is 50.8 Å². The molecule has 34 heavy (non-hydrogen) atoms. The Morgan fingerprint density at radius 2 is 1.74 bits per heavy atom. The fraction of sp³-hybridized carbons (Fsp3) is 0.519. The Hall–Kier alpha value is -3.09. The van der Waals surface area contributed by atoms with Crippen molar-refractivity contribution in [3.05, 3.63) is 42.1 Å². The minimum Gasteiger partial charge on any atom is -0.355 e. The Kier molecular flexibility index (Phi) is 6.44. The second-order valence-corrected chi connectivity index (χ2v) is 9.89. The summed E-state index contributed by atoms with van der Waals surface area (Å²) < 4.78 is 0. The van der Waals surface area contributed by atoms with E-state index in [9.17, 15) is 9.59 Å². The number of amides is 2. The van der Waals surface area contributed by atoms with E-state index in [1.807, 2.05) is 43.1 Å². The number of carbonyl (C=O) groups is 2. The molecule has 1 aromatic heterocycles. The van der Waals surface area contributed by atoms with Gasteiger partial charge in [0.05, 0.1) is 17.6 Å². The van der Waals surface area contributed by atoms with Gasteiger partial charge in [0, 0.05) is 43.5 Å². The molecular formula is C27H35N5O2. The zero-order chi connectivity index (χ0) is 23.7. The van der Waals surface area contributed by atoms with E-state index in [0.717, 1.165) is 61.7 Å². The van der Waals surface area contributed by atoms with Crippen molar-refractivity contribution in [2.24, 2.45) is 0 Å². The lowest BCUT2D eigenvalue weighted by Gasteiger charge is -2.43. The summed E-state index contributed by atoms with van der Waals surface area (Å²) in [5.74, 6) is 0.933. The fourth-order valence-electron chi connectivity index (χ4n) is 5.73. The number of likely N-dealkylation sites (N-methyl/N-ethyl adjacent to an activating group) is 1. The molecule has 5 rings (SSSR count). The Morgan fingerprint density at radius 1 is 1.00 bits per heavy atom. The third kappa shape index (κ3) is 4.36. The predicted octanol–water partition coefficient (Wildman–Crippen LogP) is 4.96. The molecule has 180 valence electrons. The van der Waals surface area contributed by atoms with Crippen LogP contribution >= 0.6 is 0 Å². The Bertz CT molecular complexity index is 1060. The number of carbonyl (C=O) groups excluding carboxylic acids is 2. The van der Waals surface area contributed by atoms with Crippen LogP contribution in [0, 0.1) is 0 Å². The molecule has 1 saturated carbocycles. The van der Waals surface area contributed by atoms with Crippen molar-refractivity contribution in [2.75, 3.05) is 35.3 Å². The minimum atomic E-state index is -0.189. The van der Waals surface area contributed by atoms with Gasteiger partial charge in [-0.1, -0.05) is 31.7 Å². The molecule has 1 N–H and O–H groups in total. The number of likely N-dealkylation sites (tertiary alicyclic amines) is 1. The van der Waals surface area contributed by atoms with Crippen molar-refractivity contribution in [3.8, 4) is 0 Å². The number of pyridine rings is 1. The summed E-state index contributed by atoms with van der Waals surface area (Å²) in [4.78, 5) is 36.6. The van der Waals surface area contributed by atoms with Crippen LogP contribution in [0.25, 0.3) is 0 Å².